The zero-order chi connectivity index (χ0) is 15.0. The fourth-order valence-electron chi connectivity index (χ4n) is 2.24. The minimum atomic E-state index is -4.49. The third-order valence-corrected chi connectivity index (χ3v) is 3.13. The lowest BCUT2D eigenvalue weighted by atomic mass is 10.1. The van der Waals surface area contributed by atoms with Gasteiger partial charge < -0.3 is 14.8 Å². The van der Waals surface area contributed by atoms with E-state index in [1.165, 1.54) is 6.07 Å². The summed E-state index contributed by atoms with van der Waals surface area (Å²) < 4.78 is 49.6. The Morgan fingerprint density at radius 3 is 2.43 bits per heavy atom. The smallest absolute Gasteiger partial charge is 0.433 e. The summed E-state index contributed by atoms with van der Waals surface area (Å²) in [6.45, 7) is 3.11. The fourth-order valence-corrected chi connectivity index (χ4v) is 2.24. The van der Waals surface area contributed by atoms with Crippen molar-refractivity contribution in [2.24, 2.45) is 0 Å². The first-order chi connectivity index (χ1) is 9.99. The van der Waals surface area contributed by atoms with Crippen LogP contribution in [0.1, 0.15) is 12.6 Å². The van der Waals surface area contributed by atoms with E-state index in [2.05, 4.69) is 10.3 Å². The fraction of sp³-hybridized carbons (Fsp3) is 0.357. The minimum Gasteiger partial charge on any atom is -0.486 e. The Labute approximate surface area is 118 Å². The van der Waals surface area contributed by atoms with Crippen LogP contribution in [0.4, 0.5) is 18.9 Å². The molecule has 1 aliphatic heterocycles. The van der Waals surface area contributed by atoms with Crippen LogP contribution in [0.15, 0.2) is 18.2 Å². The lowest BCUT2D eigenvalue weighted by Gasteiger charge is -2.20. The molecule has 4 nitrogen and oxygen atoms in total. The van der Waals surface area contributed by atoms with E-state index in [9.17, 15) is 13.2 Å². The van der Waals surface area contributed by atoms with E-state index >= 15 is 0 Å². The highest BCUT2D eigenvalue weighted by Crippen LogP contribution is 2.39. The van der Waals surface area contributed by atoms with Crippen molar-refractivity contribution in [3.63, 3.8) is 0 Å². The molecule has 0 fully saturated rings. The number of pyridine rings is 1. The summed E-state index contributed by atoms with van der Waals surface area (Å²) in [5.41, 5.74) is -0.320. The monoisotopic (exact) mass is 298 g/mol. The zero-order valence-corrected chi connectivity index (χ0v) is 11.3. The van der Waals surface area contributed by atoms with Crippen LogP contribution in [0.5, 0.6) is 11.5 Å². The van der Waals surface area contributed by atoms with Crippen LogP contribution in [-0.2, 0) is 6.18 Å². The minimum absolute atomic E-state index is 0.227. The maximum Gasteiger partial charge on any atom is 0.433 e. The van der Waals surface area contributed by atoms with E-state index in [1.54, 1.807) is 6.07 Å². The van der Waals surface area contributed by atoms with Crippen molar-refractivity contribution in [2.75, 3.05) is 25.1 Å². The molecule has 112 valence electrons. The third kappa shape index (κ3) is 2.55. The lowest BCUT2D eigenvalue weighted by molar-refractivity contribution is -0.140. The predicted octanol–water partition coefficient (Wildman–Crippen LogP) is 3.46. The molecule has 1 aromatic carbocycles. The number of nitrogens with one attached hydrogen (secondary N) is 1. The van der Waals surface area contributed by atoms with Gasteiger partial charge in [0.1, 0.15) is 18.9 Å². The molecule has 2 aromatic rings. The van der Waals surface area contributed by atoms with Crippen molar-refractivity contribution < 1.29 is 22.6 Å². The highest BCUT2D eigenvalue weighted by Gasteiger charge is 2.33. The van der Waals surface area contributed by atoms with E-state index in [1.807, 2.05) is 6.92 Å². The Morgan fingerprint density at radius 2 is 1.81 bits per heavy atom. The van der Waals surface area contributed by atoms with Crippen LogP contribution in [0.3, 0.4) is 0 Å². The Hall–Kier alpha value is -2.18. The maximum absolute atomic E-state index is 12.9. The van der Waals surface area contributed by atoms with Gasteiger partial charge in [0.05, 0.1) is 5.52 Å². The topological polar surface area (TPSA) is 43.4 Å². The van der Waals surface area contributed by atoms with Gasteiger partial charge in [-0.2, -0.15) is 13.2 Å². The average molecular weight is 298 g/mol. The normalized spacial score (nSPS) is 14.3. The Balaban J connectivity index is 2.23. The molecule has 0 saturated carbocycles. The molecule has 0 aliphatic carbocycles. The number of benzene rings is 1. The number of rotatable bonds is 2. The third-order valence-electron chi connectivity index (χ3n) is 3.13. The molecule has 1 N–H and O–H groups in total. The number of halogens is 3. The van der Waals surface area contributed by atoms with Gasteiger partial charge in [-0.15, -0.1) is 0 Å². The van der Waals surface area contributed by atoms with Crippen LogP contribution in [0, 0.1) is 0 Å². The van der Waals surface area contributed by atoms with E-state index < -0.39 is 11.9 Å². The molecule has 2 heterocycles. The molecule has 3 rings (SSSR count). The number of aromatic nitrogens is 1. The molecule has 7 heteroatoms. The molecule has 0 radical (unpaired) electrons. The standard InChI is InChI=1S/C14H13F3N2O2/c1-2-18-9-7-13(14(15,16)17)19-10-6-12-11(5-8(9)10)20-3-4-21-12/h5-7H,2-4H2,1H3,(H,18,19). The van der Waals surface area contributed by atoms with Crippen LogP contribution in [0.2, 0.25) is 0 Å². The second kappa shape index (κ2) is 4.98. The Morgan fingerprint density at radius 1 is 1.14 bits per heavy atom. The highest BCUT2D eigenvalue weighted by atomic mass is 19.4. The van der Waals surface area contributed by atoms with Crippen molar-refractivity contribution in [2.45, 2.75) is 13.1 Å². The van der Waals surface area contributed by atoms with Gasteiger partial charge in [-0.3, -0.25) is 0 Å². The first-order valence-corrected chi connectivity index (χ1v) is 6.54. The number of hydrogen-bond donors (Lipinski definition) is 1. The van der Waals surface area contributed by atoms with Gasteiger partial charge in [-0.1, -0.05) is 0 Å². The second-order valence-electron chi connectivity index (χ2n) is 4.60. The quantitative estimate of drug-likeness (QED) is 0.922. The summed E-state index contributed by atoms with van der Waals surface area (Å²) in [6.07, 6.45) is -4.49. The Bertz CT molecular complexity index is 686. The number of ether oxygens (including phenoxy) is 2. The van der Waals surface area contributed by atoms with Crippen molar-refractivity contribution in [1.82, 2.24) is 4.98 Å². The number of fused-ring (bicyclic) bond motifs is 2. The average Bonchev–Trinajstić information content (AvgIpc) is 2.44. The SMILES string of the molecule is CCNc1cc(C(F)(F)F)nc2cc3c(cc12)OCCO3. The zero-order valence-electron chi connectivity index (χ0n) is 11.3. The number of nitrogens with zero attached hydrogens (tertiary/aromatic N) is 1. The van der Waals surface area contributed by atoms with Crippen LogP contribution >= 0.6 is 0 Å². The van der Waals surface area contributed by atoms with E-state index in [-0.39, 0.29) is 5.52 Å². The molecule has 0 amide bonds. The molecule has 0 bridgehead atoms. The molecule has 0 spiro atoms. The van der Waals surface area contributed by atoms with Crippen LogP contribution < -0.4 is 14.8 Å². The van der Waals surface area contributed by atoms with E-state index in [0.717, 1.165) is 6.07 Å². The predicted molar refractivity (Wildman–Crippen MR) is 71.9 cm³/mol. The molecule has 1 aromatic heterocycles. The molecule has 0 atom stereocenters. The molecule has 1 aliphatic rings. The number of anilines is 1. The molecular formula is C14H13F3N2O2. The first kappa shape index (κ1) is 13.8. The van der Waals surface area contributed by atoms with Gasteiger partial charge in [0.15, 0.2) is 11.5 Å². The van der Waals surface area contributed by atoms with Crippen LogP contribution in [0.25, 0.3) is 10.9 Å². The largest absolute Gasteiger partial charge is 0.486 e. The van der Waals surface area contributed by atoms with Gasteiger partial charge in [0.25, 0.3) is 0 Å². The first-order valence-electron chi connectivity index (χ1n) is 6.54. The van der Waals surface area contributed by atoms with Gasteiger partial charge in [0.2, 0.25) is 0 Å². The van der Waals surface area contributed by atoms with Gasteiger partial charge in [-0.05, 0) is 19.1 Å². The molecule has 0 unspecified atom stereocenters. The number of hydrogen-bond acceptors (Lipinski definition) is 4. The van der Waals surface area contributed by atoms with Crippen molar-refractivity contribution in [1.29, 1.82) is 0 Å². The van der Waals surface area contributed by atoms with Crippen molar-refractivity contribution >= 4 is 16.6 Å². The highest BCUT2D eigenvalue weighted by molar-refractivity contribution is 5.94. The van der Waals surface area contributed by atoms with Gasteiger partial charge in [0, 0.05) is 23.7 Å². The summed E-state index contributed by atoms with van der Waals surface area (Å²) in [4.78, 5) is 3.70. The summed E-state index contributed by atoms with van der Waals surface area (Å²) in [6, 6.07) is 4.16. The summed E-state index contributed by atoms with van der Waals surface area (Å²) >= 11 is 0. The maximum atomic E-state index is 12.9. The van der Waals surface area contributed by atoms with Crippen molar-refractivity contribution in [3.05, 3.63) is 23.9 Å². The summed E-state index contributed by atoms with van der Waals surface area (Å²) in [5, 5.41) is 3.51. The number of alkyl halides is 3. The molecular weight excluding hydrogens is 285 g/mol. The van der Waals surface area contributed by atoms with E-state index in [0.29, 0.717) is 42.3 Å². The van der Waals surface area contributed by atoms with Gasteiger partial charge in [-0.25, -0.2) is 4.98 Å². The summed E-state index contributed by atoms with van der Waals surface area (Å²) in [7, 11) is 0. The molecule has 0 saturated heterocycles. The van der Waals surface area contributed by atoms with Gasteiger partial charge >= 0.3 is 6.18 Å². The van der Waals surface area contributed by atoms with Crippen LogP contribution in [-0.4, -0.2) is 24.7 Å². The molecule has 21 heavy (non-hydrogen) atoms. The lowest BCUT2D eigenvalue weighted by Crippen LogP contribution is -2.16. The second-order valence-corrected chi connectivity index (χ2v) is 4.60. The Kier molecular flexibility index (Phi) is 3.27. The van der Waals surface area contributed by atoms with Crippen molar-refractivity contribution in [3.8, 4) is 11.5 Å². The summed E-state index contributed by atoms with van der Waals surface area (Å²) in [5.74, 6) is 0.942. The van der Waals surface area contributed by atoms with E-state index in [4.69, 9.17) is 9.47 Å².